The second-order valence-corrected chi connectivity index (χ2v) is 31.9. The molecule has 117 heavy (non-hydrogen) atoms. The van der Waals surface area contributed by atoms with Crippen molar-refractivity contribution in [1.82, 2.24) is 0 Å². The van der Waals surface area contributed by atoms with Crippen LogP contribution in [0.5, 0.6) is 46.0 Å². The predicted molar refractivity (Wildman–Crippen MR) is 471 cm³/mol. The molecule has 8 aromatic carbocycles. The highest BCUT2D eigenvalue weighted by Gasteiger charge is 2.27. The van der Waals surface area contributed by atoms with Crippen LogP contribution in [0.4, 0.5) is 0 Å². The SMILES string of the molecule is C=CC(=O)OCCOc1c2cc(CCCC)cc1Cc1cc(CCCC)cc(c1O)Cc1cc(CCCC)cc(c1O)Cc1cc(CCCC)cc(c1O)C2.C=CC(=O)OCCOc1c2cc(CCCC)cc1Cc1cc(CCCC)cc(c1O)Cc1cc(CCCC)cc(c1OCCOC(=O)C=C)Cc1cc(CCCC)cc(c1O)C2. The van der Waals surface area contributed by atoms with E-state index in [1.807, 2.05) is 0 Å². The minimum absolute atomic E-state index is 0.0458. The fourth-order valence-electron chi connectivity index (χ4n) is 16.2. The van der Waals surface area contributed by atoms with Gasteiger partial charge in [-0.3, -0.25) is 0 Å². The van der Waals surface area contributed by atoms with Gasteiger partial charge in [0, 0.05) is 69.6 Å². The first-order valence-electron chi connectivity index (χ1n) is 43.7. The minimum atomic E-state index is -0.514. The Labute approximate surface area is 697 Å². The second-order valence-electron chi connectivity index (χ2n) is 31.9. The first kappa shape index (κ1) is 90.7. The number of ether oxygens (including phenoxy) is 6. The van der Waals surface area contributed by atoms with E-state index in [0.29, 0.717) is 68.6 Å². The monoisotopic (exact) mass is 1590 g/mol. The average Bonchev–Trinajstić information content (AvgIpc) is 0.780. The van der Waals surface area contributed by atoms with Crippen LogP contribution in [0.1, 0.15) is 292 Å². The summed E-state index contributed by atoms with van der Waals surface area (Å²) in [7, 11) is 0. The number of aromatic hydroxyl groups is 5. The molecular weight excluding hydrogens is 1460 g/mol. The van der Waals surface area contributed by atoms with Crippen LogP contribution in [0.2, 0.25) is 0 Å². The molecule has 10 rings (SSSR count). The Bertz CT molecular complexity index is 4330. The highest BCUT2D eigenvalue weighted by Crippen LogP contribution is 2.44. The zero-order chi connectivity index (χ0) is 83.8. The molecular formula is C103H130O14. The maximum atomic E-state index is 12.4. The molecule has 0 heterocycles. The van der Waals surface area contributed by atoms with Gasteiger partial charge in [0.15, 0.2) is 0 Å². The van der Waals surface area contributed by atoms with Crippen molar-refractivity contribution in [3.05, 3.63) is 269 Å². The third-order valence-corrected chi connectivity index (χ3v) is 22.4. The fourth-order valence-corrected chi connectivity index (χ4v) is 16.2. The molecule has 8 aromatic rings. The van der Waals surface area contributed by atoms with E-state index in [1.54, 1.807) is 0 Å². The van der Waals surface area contributed by atoms with E-state index in [2.05, 4.69) is 172 Å². The maximum absolute atomic E-state index is 12.4. The second kappa shape index (κ2) is 46.7. The van der Waals surface area contributed by atoms with Gasteiger partial charge in [0.25, 0.3) is 0 Å². The number of rotatable bonds is 39. The molecule has 2 aliphatic carbocycles. The van der Waals surface area contributed by atoms with Crippen LogP contribution >= 0.6 is 0 Å². The van der Waals surface area contributed by atoms with Crippen molar-refractivity contribution < 1.29 is 68.3 Å². The van der Waals surface area contributed by atoms with Gasteiger partial charge in [0.2, 0.25) is 0 Å². The Morgan fingerprint density at radius 3 is 0.521 bits per heavy atom. The molecule has 0 saturated heterocycles. The molecule has 0 spiro atoms. The van der Waals surface area contributed by atoms with Crippen LogP contribution in [0.3, 0.4) is 0 Å². The van der Waals surface area contributed by atoms with Crippen molar-refractivity contribution in [2.24, 2.45) is 0 Å². The Kier molecular flexibility index (Phi) is 36.2. The van der Waals surface area contributed by atoms with Gasteiger partial charge in [0.05, 0.1) is 0 Å². The van der Waals surface area contributed by atoms with Crippen molar-refractivity contribution in [1.29, 1.82) is 0 Å². The number of esters is 3. The Balaban J connectivity index is 0.000000269. The standard InChI is InChI=1S/C54H68O8.C49H62O6/c1-7-13-17-37-25-41-33-45-29-39(19-15-9-3)31-47(53(45)61-23-21-59-49(55)11-5)35-43-27-38(18-14-8-2)28-44(52(43)58)36-48-32-40(20-16-10-4)30-46(34-42(26-37)51(41)57)54(48)62-24-22-60-50(56)12-6;1-6-11-15-33-21-37-29-39-23-34(16-12-7-2)25-41(47(39)52)31-43-27-36(18-14-9-4)28-44(49(43)55-20-19-54-45(50)10-5)32-42-26-35(17-13-8-3)24-40(48(42)53)30-38(22-33)46(37)51/h11-12,25-32,57-58H,5-10,13-24,33-36H2,1-4H3;10,21-28,51-53H,5-9,11-20,29-32H2,1-4H3. The quantitative estimate of drug-likeness (QED) is 0.0105. The molecule has 0 aliphatic heterocycles. The number of carbonyl (C=O) groups excluding carboxylic acids is 3. The number of phenolic OH excluding ortho intramolecular Hbond substituents is 5. The Morgan fingerprint density at radius 2 is 0.385 bits per heavy atom. The predicted octanol–water partition coefficient (Wildman–Crippen LogP) is 22.3. The maximum Gasteiger partial charge on any atom is 0.330 e. The molecule has 0 saturated carbocycles. The topological polar surface area (TPSA) is 208 Å². The van der Waals surface area contributed by atoms with E-state index in [9.17, 15) is 39.9 Å². The summed E-state index contributed by atoms with van der Waals surface area (Å²) in [5.41, 5.74) is 22.8. The number of hydrogen-bond donors (Lipinski definition) is 5. The fraction of sp³-hybridized carbons (Fsp3) is 0.447. The van der Waals surface area contributed by atoms with Crippen molar-refractivity contribution in [2.75, 3.05) is 39.6 Å². The number of benzene rings is 8. The molecule has 5 N–H and O–H groups in total. The van der Waals surface area contributed by atoms with Crippen molar-refractivity contribution in [3.63, 3.8) is 0 Å². The van der Waals surface area contributed by atoms with Crippen LogP contribution in [-0.4, -0.2) is 83.1 Å². The molecule has 0 amide bonds. The number of aryl methyl sites for hydroxylation is 8. The normalized spacial score (nSPS) is 12.2. The number of carbonyl (C=O) groups is 3. The molecule has 0 unspecified atom stereocenters. The zero-order valence-electron chi connectivity index (χ0n) is 71.4. The summed E-state index contributed by atoms with van der Waals surface area (Å²) in [5.74, 6) is 1.67. The van der Waals surface area contributed by atoms with Gasteiger partial charge in [-0.05, 0) is 236 Å². The molecule has 0 atom stereocenters. The summed E-state index contributed by atoms with van der Waals surface area (Å²) in [6.45, 7) is 28.6. The van der Waals surface area contributed by atoms with Gasteiger partial charge >= 0.3 is 17.9 Å². The van der Waals surface area contributed by atoms with Gasteiger partial charge in [-0.15, -0.1) is 0 Å². The molecule has 16 bridgehead atoms. The van der Waals surface area contributed by atoms with Gasteiger partial charge in [-0.25, -0.2) is 14.4 Å². The number of phenols is 5. The summed E-state index contributed by atoms with van der Waals surface area (Å²) >= 11 is 0. The smallest absolute Gasteiger partial charge is 0.330 e. The lowest BCUT2D eigenvalue weighted by molar-refractivity contribution is -0.139. The first-order chi connectivity index (χ1) is 56.8. The summed E-state index contributed by atoms with van der Waals surface area (Å²) in [5, 5.41) is 60.9. The van der Waals surface area contributed by atoms with Crippen LogP contribution < -0.4 is 14.2 Å². The molecule has 14 heteroatoms. The number of hydrogen-bond acceptors (Lipinski definition) is 14. The highest BCUT2D eigenvalue weighted by atomic mass is 16.6. The lowest BCUT2D eigenvalue weighted by Crippen LogP contribution is -2.14. The lowest BCUT2D eigenvalue weighted by atomic mass is 9.87. The summed E-state index contributed by atoms with van der Waals surface area (Å²) in [6, 6.07) is 34.4. The molecule has 0 aromatic heterocycles. The molecule has 14 nitrogen and oxygen atoms in total. The summed E-state index contributed by atoms with van der Waals surface area (Å²) in [4.78, 5) is 35.9. The van der Waals surface area contributed by atoms with Crippen LogP contribution in [0.15, 0.2) is 135 Å². The van der Waals surface area contributed by atoms with Crippen molar-refractivity contribution >= 4 is 17.9 Å². The van der Waals surface area contributed by atoms with E-state index in [4.69, 9.17) is 28.4 Å². The summed E-state index contributed by atoms with van der Waals surface area (Å²) in [6.07, 6.45) is 30.2. The minimum Gasteiger partial charge on any atom is -0.507 e. The highest BCUT2D eigenvalue weighted by molar-refractivity contribution is 5.82. The third kappa shape index (κ3) is 26.1. The van der Waals surface area contributed by atoms with E-state index >= 15 is 0 Å². The lowest BCUT2D eigenvalue weighted by Gasteiger charge is -2.23. The van der Waals surface area contributed by atoms with E-state index < -0.39 is 17.9 Å². The number of fused-ring (bicyclic) bond motifs is 16. The number of unbranched alkanes of at least 4 members (excludes halogenated alkanes) is 8. The van der Waals surface area contributed by atoms with E-state index in [-0.39, 0.29) is 68.4 Å². The molecule has 0 radical (unpaired) electrons. The summed E-state index contributed by atoms with van der Waals surface area (Å²) < 4.78 is 35.8. The van der Waals surface area contributed by atoms with Gasteiger partial charge in [0.1, 0.15) is 85.6 Å². The third-order valence-electron chi connectivity index (χ3n) is 22.4. The van der Waals surface area contributed by atoms with Crippen LogP contribution in [-0.2, 0) is 131 Å². The molecule has 0 fully saturated rings. The van der Waals surface area contributed by atoms with Crippen molar-refractivity contribution in [2.45, 2.75) is 261 Å². The van der Waals surface area contributed by atoms with Crippen LogP contribution in [0.25, 0.3) is 0 Å². The largest absolute Gasteiger partial charge is 0.507 e. The van der Waals surface area contributed by atoms with Gasteiger partial charge in [-0.2, -0.15) is 0 Å². The van der Waals surface area contributed by atoms with Gasteiger partial charge in [-0.1, -0.05) is 224 Å². The molecule has 626 valence electrons. The van der Waals surface area contributed by atoms with Crippen LogP contribution in [0, 0.1) is 0 Å². The van der Waals surface area contributed by atoms with Gasteiger partial charge < -0.3 is 54.0 Å². The first-order valence-corrected chi connectivity index (χ1v) is 43.7. The van der Waals surface area contributed by atoms with E-state index in [0.717, 1.165) is 289 Å². The zero-order valence-corrected chi connectivity index (χ0v) is 71.4. The Morgan fingerprint density at radius 1 is 0.248 bits per heavy atom. The molecule has 2 aliphatic rings. The average molecular weight is 1590 g/mol. The van der Waals surface area contributed by atoms with E-state index in [1.165, 1.54) is 16.7 Å². The van der Waals surface area contributed by atoms with Crippen molar-refractivity contribution in [3.8, 4) is 46.0 Å². The Hall–Kier alpha value is -10.2.